The molecule has 0 heterocycles. The number of carbonyl (C=O) groups is 3. The number of rotatable bonds is 1. The molecule has 0 aromatic heterocycles. The molecular weight excluding hydrogens is 460 g/mol. The predicted molar refractivity (Wildman–Crippen MR) is 142 cm³/mol. The van der Waals surface area contributed by atoms with Gasteiger partial charge in [0.15, 0.2) is 5.78 Å². The van der Waals surface area contributed by atoms with Crippen LogP contribution in [0.1, 0.15) is 112 Å². The topological polar surface area (TPSA) is 71.4 Å². The molecule has 202 valence electrons. The smallest absolute Gasteiger partial charge is 0.309 e. The van der Waals surface area contributed by atoms with Crippen molar-refractivity contribution >= 4 is 17.5 Å². The number of carboxylic acids is 1. The first-order valence-corrected chi connectivity index (χ1v) is 15.2. The van der Waals surface area contributed by atoms with Crippen molar-refractivity contribution in [2.24, 2.45) is 61.6 Å². The van der Waals surface area contributed by atoms with Gasteiger partial charge < -0.3 is 5.11 Å². The van der Waals surface area contributed by atoms with E-state index >= 15 is 0 Å². The van der Waals surface area contributed by atoms with Crippen LogP contribution in [0, 0.1) is 61.6 Å². The average Bonchev–Trinajstić information content (AvgIpc) is 3.22. The number of allylic oxidation sites excluding steroid dienone is 2. The molecule has 8 rings (SSSR count). The van der Waals surface area contributed by atoms with Gasteiger partial charge in [-0.2, -0.15) is 0 Å². The third-order valence-corrected chi connectivity index (χ3v) is 15.7. The molecule has 7 saturated carbocycles. The lowest BCUT2D eigenvalue weighted by Crippen LogP contribution is -2.70. The van der Waals surface area contributed by atoms with Crippen molar-refractivity contribution in [1.82, 2.24) is 0 Å². The molecule has 4 nitrogen and oxygen atoms in total. The summed E-state index contributed by atoms with van der Waals surface area (Å²) < 4.78 is 0. The van der Waals surface area contributed by atoms with E-state index in [1.807, 2.05) is 6.92 Å². The quantitative estimate of drug-likeness (QED) is 0.415. The molecule has 1 N–H and O–H groups in total. The summed E-state index contributed by atoms with van der Waals surface area (Å²) in [6, 6.07) is 0. The van der Waals surface area contributed by atoms with Crippen LogP contribution in [0.2, 0.25) is 0 Å². The van der Waals surface area contributed by atoms with Gasteiger partial charge in [0.25, 0.3) is 0 Å². The maximum atomic E-state index is 14.6. The summed E-state index contributed by atoms with van der Waals surface area (Å²) in [5.41, 5.74) is -0.0511. The first-order valence-electron chi connectivity index (χ1n) is 15.2. The van der Waals surface area contributed by atoms with E-state index in [4.69, 9.17) is 0 Å². The molecule has 0 saturated heterocycles. The van der Waals surface area contributed by atoms with Crippen LogP contribution in [0.15, 0.2) is 11.6 Å². The average molecular weight is 507 g/mol. The summed E-state index contributed by atoms with van der Waals surface area (Å²) in [5, 5.41) is 10.1. The zero-order chi connectivity index (χ0) is 26.6. The highest BCUT2D eigenvalue weighted by molar-refractivity contribution is 5.97. The molecule has 9 atom stereocenters. The molecule has 7 fully saturated rings. The van der Waals surface area contributed by atoms with Gasteiger partial charge in [-0.25, -0.2) is 0 Å². The highest BCUT2D eigenvalue weighted by atomic mass is 16.4. The maximum absolute atomic E-state index is 14.6. The summed E-state index contributed by atoms with van der Waals surface area (Å²) in [6.45, 7) is 13.9. The second-order valence-corrected chi connectivity index (χ2v) is 16.3. The Kier molecular flexibility index (Phi) is 4.41. The molecule has 1 spiro atoms. The number of carbonyl (C=O) groups excluding carboxylic acids is 2. The molecule has 0 amide bonds. The maximum Gasteiger partial charge on any atom is 0.309 e. The van der Waals surface area contributed by atoms with Crippen molar-refractivity contribution < 1.29 is 19.5 Å². The predicted octanol–water partition coefficient (Wildman–Crippen LogP) is 7.01. The summed E-state index contributed by atoms with van der Waals surface area (Å²) in [5.74, 6) is 1.30. The Morgan fingerprint density at radius 3 is 2.19 bits per heavy atom. The van der Waals surface area contributed by atoms with Gasteiger partial charge >= 0.3 is 5.97 Å². The third kappa shape index (κ3) is 2.32. The Hall–Kier alpha value is -1.45. The number of aliphatic carboxylic acids is 1. The molecule has 4 heteroatoms. The lowest BCUT2D eigenvalue weighted by molar-refractivity contribution is -0.222. The van der Waals surface area contributed by atoms with E-state index in [0.717, 1.165) is 44.9 Å². The molecule has 0 aromatic carbocycles. The van der Waals surface area contributed by atoms with Crippen molar-refractivity contribution in [3.8, 4) is 0 Å². The number of fused-ring (bicyclic) bond motifs is 6. The van der Waals surface area contributed by atoms with Gasteiger partial charge in [0.05, 0.1) is 5.41 Å². The number of hydrogen-bond acceptors (Lipinski definition) is 3. The summed E-state index contributed by atoms with van der Waals surface area (Å²) in [6.07, 6.45) is 12.5. The van der Waals surface area contributed by atoms with Crippen LogP contribution in [-0.2, 0) is 14.4 Å². The first kappa shape index (κ1) is 24.6. The van der Waals surface area contributed by atoms with Gasteiger partial charge in [0.1, 0.15) is 5.78 Å². The van der Waals surface area contributed by atoms with E-state index in [0.29, 0.717) is 36.2 Å². The zero-order valence-electron chi connectivity index (χ0n) is 23.8. The van der Waals surface area contributed by atoms with Crippen LogP contribution in [0.3, 0.4) is 0 Å². The lowest BCUT2D eigenvalue weighted by Gasteiger charge is -2.73. The largest absolute Gasteiger partial charge is 0.481 e. The van der Waals surface area contributed by atoms with Crippen LogP contribution in [0.25, 0.3) is 0 Å². The summed E-state index contributed by atoms with van der Waals surface area (Å²) in [4.78, 5) is 40.5. The standard InChI is InChI=1S/C33H46O4/c1-27-9-10-28(2,26(36)37)18-22(27)21-17-23(34)25-30(4,29(21,3)12-11-27)13-14-33-20-15-19(16-20)32(33,6)24(35)7-8-31(25,33)5/h17,19-20,22,25H,7-16,18H2,1-6H3,(H,36,37)/t19?,20?,22-,25+,27-,28+,29-,30-,31-,32+,33+/m1/s1. The highest BCUT2D eigenvalue weighted by Crippen LogP contribution is 2.86. The zero-order valence-corrected chi connectivity index (χ0v) is 23.8. The van der Waals surface area contributed by atoms with Crippen molar-refractivity contribution in [3.05, 3.63) is 11.6 Å². The lowest BCUT2D eigenvalue weighted by atomic mass is 9.30. The summed E-state index contributed by atoms with van der Waals surface area (Å²) in [7, 11) is 0. The molecule has 8 aliphatic carbocycles. The van der Waals surface area contributed by atoms with E-state index in [1.165, 1.54) is 18.4 Å². The number of Topliss-reactive ketones (excluding diaryl/α,β-unsaturated/α-hetero) is 1. The van der Waals surface area contributed by atoms with Crippen LogP contribution in [0.4, 0.5) is 0 Å². The molecule has 0 radical (unpaired) electrons. The molecule has 0 aliphatic heterocycles. The van der Waals surface area contributed by atoms with Crippen molar-refractivity contribution in [2.45, 2.75) is 112 Å². The number of hydrogen-bond donors (Lipinski definition) is 1. The van der Waals surface area contributed by atoms with Crippen molar-refractivity contribution in [3.63, 3.8) is 0 Å². The Morgan fingerprint density at radius 1 is 0.838 bits per heavy atom. The van der Waals surface area contributed by atoms with Gasteiger partial charge in [-0.15, -0.1) is 0 Å². The second kappa shape index (κ2) is 6.64. The van der Waals surface area contributed by atoms with Gasteiger partial charge in [-0.1, -0.05) is 40.2 Å². The van der Waals surface area contributed by atoms with Crippen molar-refractivity contribution in [1.29, 1.82) is 0 Å². The summed E-state index contributed by atoms with van der Waals surface area (Å²) >= 11 is 0. The van der Waals surface area contributed by atoms with Crippen LogP contribution >= 0.6 is 0 Å². The minimum atomic E-state index is -0.719. The minimum Gasteiger partial charge on any atom is -0.481 e. The fraction of sp³-hybridized carbons (Fsp3) is 0.848. The van der Waals surface area contributed by atoms with Gasteiger partial charge in [-0.3, -0.25) is 14.4 Å². The van der Waals surface area contributed by atoms with Crippen LogP contribution in [0.5, 0.6) is 0 Å². The van der Waals surface area contributed by atoms with E-state index in [9.17, 15) is 19.5 Å². The molecular formula is C33H46O4. The van der Waals surface area contributed by atoms with Crippen LogP contribution < -0.4 is 0 Å². The molecule has 2 bridgehead atoms. The first-order chi connectivity index (χ1) is 17.1. The molecule has 8 aliphatic rings. The Bertz CT molecular complexity index is 1180. The van der Waals surface area contributed by atoms with E-state index in [1.54, 1.807) is 0 Å². The Labute approximate surface area is 222 Å². The van der Waals surface area contributed by atoms with Gasteiger partial charge in [-0.05, 0) is 122 Å². The van der Waals surface area contributed by atoms with Crippen molar-refractivity contribution in [2.75, 3.05) is 0 Å². The highest BCUT2D eigenvalue weighted by Gasteiger charge is 2.82. The van der Waals surface area contributed by atoms with E-state index in [-0.39, 0.29) is 44.3 Å². The SMILES string of the molecule is C[C@]1(C(=O)O)CC[C@]2(C)CC[C@]3(C)C(=CC(=O)[C@@H]4[C@@]5(C)CCC(=O)[C@]6(C)C7CC(C7)[C@]65CC[C@]43C)[C@H]2C1. The number of carboxylic acid groups (broad SMARTS) is 1. The normalized spacial score (nSPS) is 59.7. The Balaban J connectivity index is 1.38. The third-order valence-electron chi connectivity index (χ3n) is 15.7. The van der Waals surface area contributed by atoms with E-state index in [2.05, 4.69) is 40.7 Å². The second-order valence-electron chi connectivity index (χ2n) is 16.3. The van der Waals surface area contributed by atoms with E-state index < -0.39 is 11.4 Å². The number of ketones is 2. The fourth-order valence-corrected chi connectivity index (χ4v) is 13.0. The molecule has 37 heavy (non-hydrogen) atoms. The molecule has 0 unspecified atom stereocenters. The fourth-order valence-electron chi connectivity index (χ4n) is 13.0. The van der Waals surface area contributed by atoms with Gasteiger partial charge in [0, 0.05) is 17.8 Å². The molecule has 0 aromatic rings. The minimum absolute atomic E-state index is 0.0303. The van der Waals surface area contributed by atoms with Gasteiger partial charge in [0.2, 0.25) is 0 Å². The monoisotopic (exact) mass is 506 g/mol. The Morgan fingerprint density at radius 2 is 1.51 bits per heavy atom. The van der Waals surface area contributed by atoms with Crippen LogP contribution in [-0.4, -0.2) is 22.6 Å².